The van der Waals surface area contributed by atoms with Crippen LogP contribution < -0.4 is 10.1 Å². The van der Waals surface area contributed by atoms with Crippen molar-refractivity contribution in [1.82, 2.24) is 10.2 Å². The van der Waals surface area contributed by atoms with Gasteiger partial charge in [0.1, 0.15) is 5.75 Å². The van der Waals surface area contributed by atoms with E-state index in [2.05, 4.69) is 5.32 Å². The quantitative estimate of drug-likeness (QED) is 0.664. The van der Waals surface area contributed by atoms with Gasteiger partial charge in [0.2, 0.25) is 0 Å². The third kappa shape index (κ3) is 4.24. The van der Waals surface area contributed by atoms with Gasteiger partial charge in [0, 0.05) is 23.5 Å². The molecule has 1 atom stereocenters. The summed E-state index contributed by atoms with van der Waals surface area (Å²) >= 11 is 1.53. The van der Waals surface area contributed by atoms with Crippen LogP contribution in [0.4, 0.5) is 0 Å². The Labute approximate surface area is 180 Å². The van der Waals surface area contributed by atoms with Crippen molar-refractivity contribution in [2.24, 2.45) is 0 Å². The third-order valence-electron chi connectivity index (χ3n) is 5.36. The van der Waals surface area contributed by atoms with E-state index in [9.17, 15) is 9.59 Å². The Morgan fingerprint density at radius 1 is 1.10 bits per heavy atom. The first-order chi connectivity index (χ1) is 14.5. The van der Waals surface area contributed by atoms with E-state index in [1.807, 2.05) is 72.5 Å². The summed E-state index contributed by atoms with van der Waals surface area (Å²) in [6.07, 6.45) is 0.778. The van der Waals surface area contributed by atoms with Gasteiger partial charge in [-0.05, 0) is 54.8 Å². The highest BCUT2D eigenvalue weighted by Gasteiger charge is 2.25. The molecule has 4 rings (SSSR count). The number of thiophene rings is 1. The van der Waals surface area contributed by atoms with Crippen LogP contribution in [-0.4, -0.2) is 30.4 Å². The topological polar surface area (TPSA) is 58.6 Å². The summed E-state index contributed by atoms with van der Waals surface area (Å²) in [6, 6.07) is 18.8. The van der Waals surface area contributed by atoms with Crippen LogP contribution in [0.3, 0.4) is 0 Å². The summed E-state index contributed by atoms with van der Waals surface area (Å²) in [5.74, 6) is 0.739. The van der Waals surface area contributed by atoms with Crippen LogP contribution in [0.25, 0.3) is 0 Å². The van der Waals surface area contributed by atoms with E-state index in [0.29, 0.717) is 23.5 Å². The van der Waals surface area contributed by atoms with Crippen LogP contribution >= 0.6 is 11.3 Å². The van der Waals surface area contributed by atoms with Crippen LogP contribution in [0.15, 0.2) is 60.7 Å². The number of hydrogen-bond acceptors (Lipinski definition) is 4. The molecule has 0 fully saturated rings. The zero-order chi connectivity index (χ0) is 21.1. The first-order valence-corrected chi connectivity index (χ1v) is 10.8. The molecular formula is C24H24N2O3S. The number of carbonyl (C=O) groups is 2. The Hall–Kier alpha value is -3.12. The number of carbonyl (C=O) groups excluding carboxylic acids is 2. The zero-order valence-electron chi connectivity index (χ0n) is 17.1. The molecule has 6 heteroatoms. The zero-order valence-corrected chi connectivity index (χ0v) is 17.9. The molecule has 1 N–H and O–H groups in total. The second-order valence-electron chi connectivity index (χ2n) is 7.37. The minimum atomic E-state index is -0.112. The summed E-state index contributed by atoms with van der Waals surface area (Å²) in [5.41, 5.74) is 2.78. The maximum atomic E-state index is 12.8. The Morgan fingerprint density at radius 2 is 1.83 bits per heavy atom. The smallest absolute Gasteiger partial charge is 0.261 e. The highest BCUT2D eigenvalue weighted by atomic mass is 32.1. The first-order valence-electron chi connectivity index (χ1n) is 9.96. The Kier molecular flexibility index (Phi) is 5.86. The van der Waals surface area contributed by atoms with Crippen LogP contribution in [0.1, 0.15) is 49.0 Å². The van der Waals surface area contributed by atoms with Crippen molar-refractivity contribution in [1.29, 1.82) is 0 Å². The Balaban J connectivity index is 1.43. The molecule has 0 radical (unpaired) electrons. The molecule has 3 aromatic rings. The molecule has 1 aliphatic rings. The van der Waals surface area contributed by atoms with E-state index in [1.54, 1.807) is 7.11 Å². The second-order valence-corrected chi connectivity index (χ2v) is 8.51. The van der Waals surface area contributed by atoms with Gasteiger partial charge in [-0.25, -0.2) is 0 Å². The number of nitrogens with one attached hydrogen (secondary N) is 1. The van der Waals surface area contributed by atoms with Crippen LogP contribution in [0.2, 0.25) is 0 Å². The number of benzene rings is 2. The molecule has 0 aliphatic carbocycles. The lowest BCUT2D eigenvalue weighted by Crippen LogP contribution is -2.35. The fraction of sp³-hybridized carbons (Fsp3) is 0.250. The third-order valence-corrected chi connectivity index (χ3v) is 6.60. The monoisotopic (exact) mass is 420 g/mol. The lowest BCUT2D eigenvalue weighted by molar-refractivity contribution is 0.0736. The predicted octanol–water partition coefficient (Wildman–Crippen LogP) is 4.45. The van der Waals surface area contributed by atoms with E-state index in [-0.39, 0.29) is 17.9 Å². The highest BCUT2D eigenvalue weighted by Crippen LogP contribution is 2.29. The summed E-state index contributed by atoms with van der Waals surface area (Å²) in [7, 11) is 1.63. The SMILES string of the molecule is COc1ccc([C@@H](C)NC(=O)c2cc3c(s2)CCN(C(=O)c2ccccc2)C3)cc1. The molecule has 30 heavy (non-hydrogen) atoms. The molecule has 1 aliphatic heterocycles. The van der Waals surface area contributed by atoms with Crippen molar-refractivity contribution in [2.45, 2.75) is 25.9 Å². The lowest BCUT2D eigenvalue weighted by atomic mass is 10.1. The number of fused-ring (bicyclic) bond motifs is 1. The molecule has 0 saturated heterocycles. The largest absolute Gasteiger partial charge is 0.497 e. The number of hydrogen-bond donors (Lipinski definition) is 1. The number of rotatable bonds is 5. The number of nitrogens with zero attached hydrogens (tertiary/aromatic N) is 1. The predicted molar refractivity (Wildman–Crippen MR) is 118 cm³/mol. The van der Waals surface area contributed by atoms with Gasteiger partial charge in [0.05, 0.1) is 18.0 Å². The molecule has 5 nitrogen and oxygen atoms in total. The van der Waals surface area contributed by atoms with Gasteiger partial charge in [-0.2, -0.15) is 0 Å². The number of ether oxygens (including phenoxy) is 1. The molecule has 1 aromatic heterocycles. The van der Waals surface area contributed by atoms with E-state index < -0.39 is 0 Å². The highest BCUT2D eigenvalue weighted by molar-refractivity contribution is 7.14. The Morgan fingerprint density at radius 3 is 2.53 bits per heavy atom. The molecule has 154 valence electrons. The minimum absolute atomic E-state index is 0.0339. The normalized spacial score (nSPS) is 14.0. The molecule has 0 unspecified atom stereocenters. The second kappa shape index (κ2) is 8.71. The van der Waals surface area contributed by atoms with Crippen molar-refractivity contribution in [3.63, 3.8) is 0 Å². The molecule has 2 aromatic carbocycles. The first kappa shape index (κ1) is 20.2. The standard InChI is InChI=1S/C24H24N2O3S/c1-16(17-8-10-20(29-2)11-9-17)25-23(27)22-14-19-15-26(13-12-21(19)30-22)24(28)18-6-4-3-5-7-18/h3-11,14,16H,12-13,15H2,1-2H3,(H,25,27)/t16-/m1/s1. The van der Waals surface area contributed by atoms with Crippen molar-refractivity contribution in [3.8, 4) is 5.75 Å². The van der Waals surface area contributed by atoms with E-state index in [4.69, 9.17) is 4.74 Å². The summed E-state index contributed by atoms with van der Waals surface area (Å²) in [5, 5.41) is 3.07. The maximum Gasteiger partial charge on any atom is 0.261 e. The number of methoxy groups -OCH3 is 1. The van der Waals surface area contributed by atoms with E-state index in [0.717, 1.165) is 23.3 Å². The maximum absolute atomic E-state index is 12.8. The van der Waals surface area contributed by atoms with Crippen LogP contribution in [-0.2, 0) is 13.0 Å². The lowest BCUT2D eigenvalue weighted by Gasteiger charge is -2.27. The van der Waals surface area contributed by atoms with Crippen LogP contribution in [0.5, 0.6) is 5.75 Å². The fourth-order valence-electron chi connectivity index (χ4n) is 3.63. The average molecular weight is 421 g/mol. The van der Waals surface area contributed by atoms with Crippen molar-refractivity contribution >= 4 is 23.2 Å². The van der Waals surface area contributed by atoms with Gasteiger partial charge in [0.15, 0.2) is 0 Å². The molecular weight excluding hydrogens is 396 g/mol. The van der Waals surface area contributed by atoms with Crippen molar-refractivity contribution in [2.75, 3.05) is 13.7 Å². The van der Waals surface area contributed by atoms with Crippen molar-refractivity contribution < 1.29 is 14.3 Å². The van der Waals surface area contributed by atoms with Gasteiger partial charge in [-0.1, -0.05) is 30.3 Å². The number of amides is 2. The van der Waals surface area contributed by atoms with Gasteiger partial charge in [-0.15, -0.1) is 11.3 Å². The molecule has 0 bridgehead atoms. The molecule has 2 heterocycles. The molecule has 2 amide bonds. The van der Waals surface area contributed by atoms with Gasteiger partial charge in [-0.3, -0.25) is 9.59 Å². The summed E-state index contributed by atoms with van der Waals surface area (Å²) in [6.45, 7) is 3.18. The van der Waals surface area contributed by atoms with Crippen molar-refractivity contribution in [3.05, 3.63) is 87.1 Å². The fourth-order valence-corrected chi connectivity index (χ4v) is 4.69. The molecule has 0 spiro atoms. The summed E-state index contributed by atoms with van der Waals surface area (Å²) in [4.78, 5) is 29.3. The Bertz CT molecular complexity index is 1040. The minimum Gasteiger partial charge on any atom is -0.497 e. The van der Waals surface area contributed by atoms with E-state index >= 15 is 0 Å². The van der Waals surface area contributed by atoms with Crippen LogP contribution in [0, 0.1) is 0 Å². The summed E-state index contributed by atoms with van der Waals surface area (Å²) < 4.78 is 5.19. The average Bonchev–Trinajstić information content (AvgIpc) is 3.23. The molecule has 0 saturated carbocycles. The van der Waals surface area contributed by atoms with Gasteiger partial charge >= 0.3 is 0 Å². The van der Waals surface area contributed by atoms with E-state index in [1.165, 1.54) is 16.2 Å². The van der Waals surface area contributed by atoms with Gasteiger partial charge < -0.3 is 15.0 Å². The van der Waals surface area contributed by atoms with Gasteiger partial charge in [0.25, 0.3) is 11.8 Å².